The van der Waals surface area contributed by atoms with Gasteiger partial charge in [-0.1, -0.05) is 31.6 Å². The van der Waals surface area contributed by atoms with Crippen molar-refractivity contribution in [3.8, 4) is 5.75 Å². The number of fused-ring (bicyclic) bond motifs is 1. The van der Waals surface area contributed by atoms with E-state index in [0.29, 0.717) is 35.4 Å². The van der Waals surface area contributed by atoms with Crippen molar-refractivity contribution in [1.82, 2.24) is 0 Å². The summed E-state index contributed by atoms with van der Waals surface area (Å²) in [4.78, 5) is 0. The smallest absolute Gasteiger partial charge is 0.403 e. The molecule has 1 nitrogen and oxygen atoms in total. The Morgan fingerprint density at radius 2 is 1.68 bits per heavy atom. The van der Waals surface area contributed by atoms with Gasteiger partial charge in [-0.15, -0.1) is 13.2 Å². The lowest BCUT2D eigenvalue weighted by Crippen LogP contribution is -2.18. The lowest BCUT2D eigenvalue weighted by atomic mass is 9.77. The number of hydrogen-bond donors (Lipinski definition) is 0. The number of halogens is 5. The summed E-state index contributed by atoms with van der Waals surface area (Å²) in [6.07, 6.45) is 3.26. The van der Waals surface area contributed by atoms with Gasteiger partial charge in [0.1, 0.15) is 5.82 Å². The molecule has 0 heterocycles. The third kappa shape index (κ3) is 4.94. The molecule has 1 saturated carbocycles. The van der Waals surface area contributed by atoms with Crippen LogP contribution in [0.1, 0.15) is 73.6 Å². The zero-order valence-electron chi connectivity index (χ0n) is 17.4. The van der Waals surface area contributed by atoms with Crippen LogP contribution in [0.5, 0.6) is 5.75 Å². The maximum Gasteiger partial charge on any atom is 0.573 e. The van der Waals surface area contributed by atoms with Gasteiger partial charge >= 0.3 is 6.36 Å². The molecule has 1 fully saturated rings. The molecular formula is C25H25F5O. The molecule has 0 bridgehead atoms. The first-order chi connectivity index (χ1) is 14.7. The molecule has 0 N–H and O–H groups in total. The van der Waals surface area contributed by atoms with E-state index in [1.165, 1.54) is 19.3 Å². The Labute approximate surface area is 178 Å². The second-order valence-electron chi connectivity index (χ2n) is 8.56. The van der Waals surface area contributed by atoms with Crippen LogP contribution < -0.4 is 4.74 Å². The van der Waals surface area contributed by atoms with Crippen LogP contribution in [0.15, 0.2) is 30.3 Å². The van der Waals surface area contributed by atoms with Crippen molar-refractivity contribution in [2.45, 2.75) is 64.1 Å². The van der Waals surface area contributed by atoms with E-state index in [1.807, 2.05) is 6.07 Å². The van der Waals surface area contributed by atoms with Gasteiger partial charge < -0.3 is 4.74 Å². The van der Waals surface area contributed by atoms with Crippen molar-refractivity contribution in [3.63, 3.8) is 0 Å². The maximum atomic E-state index is 15.0. The highest BCUT2D eigenvalue weighted by atomic mass is 19.4. The van der Waals surface area contributed by atoms with Gasteiger partial charge in [0.2, 0.25) is 0 Å². The highest BCUT2D eigenvalue weighted by molar-refractivity contribution is 5.85. The van der Waals surface area contributed by atoms with Gasteiger partial charge in [0.25, 0.3) is 0 Å². The van der Waals surface area contributed by atoms with Gasteiger partial charge in [-0.3, -0.25) is 0 Å². The van der Waals surface area contributed by atoms with Crippen LogP contribution in [-0.2, 0) is 6.42 Å². The third-order valence-corrected chi connectivity index (χ3v) is 6.65. The zero-order valence-corrected chi connectivity index (χ0v) is 17.4. The molecule has 2 aromatic carbocycles. The van der Waals surface area contributed by atoms with Crippen molar-refractivity contribution >= 4 is 11.6 Å². The van der Waals surface area contributed by atoms with Gasteiger partial charge in [0.05, 0.1) is 0 Å². The summed E-state index contributed by atoms with van der Waals surface area (Å²) in [6.45, 7) is 2.21. The molecule has 0 radical (unpaired) electrons. The number of rotatable bonds is 4. The normalized spacial score (nSPS) is 21.4. The first kappa shape index (κ1) is 21.8. The SMILES string of the molecule is CCC1CCC(c2ccc(C3=Cc4cc(F)c(OC(F)(F)F)cc4CC3)c(F)c2)CC1. The molecule has 2 aromatic rings. The summed E-state index contributed by atoms with van der Waals surface area (Å²) >= 11 is 0. The second-order valence-corrected chi connectivity index (χ2v) is 8.56. The molecule has 6 heteroatoms. The van der Waals surface area contributed by atoms with E-state index in [9.17, 15) is 22.0 Å². The first-order valence-electron chi connectivity index (χ1n) is 10.8. The predicted molar refractivity (Wildman–Crippen MR) is 111 cm³/mol. The largest absolute Gasteiger partial charge is 0.573 e. The molecule has 0 saturated heterocycles. The number of alkyl halides is 3. The Balaban J connectivity index is 1.56. The summed E-state index contributed by atoms with van der Waals surface area (Å²) in [5.41, 5.74) is 3.21. The van der Waals surface area contributed by atoms with Crippen LogP contribution in [0, 0.1) is 17.6 Å². The van der Waals surface area contributed by atoms with Gasteiger partial charge in [0, 0.05) is 5.56 Å². The van der Waals surface area contributed by atoms with E-state index in [4.69, 9.17) is 0 Å². The minimum Gasteiger partial charge on any atom is -0.403 e. The van der Waals surface area contributed by atoms with Crippen molar-refractivity contribution in [1.29, 1.82) is 0 Å². The molecule has 0 atom stereocenters. The Bertz CT molecular complexity index is 984. The summed E-state index contributed by atoms with van der Waals surface area (Å²) in [7, 11) is 0. The minimum absolute atomic E-state index is 0.303. The maximum absolute atomic E-state index is 15.0. The molecule has 0 spiro atoms. The predicted octanol–water partition coefficient (Wildman–Crippen LogP) is 8.03. The van der Waals surface area contributed by atoms with Gasteiger partial charge in [0.15, 0.2) is 11.6 Å². The van der Waals surface area contributed by atoms with E-state index in [-0.39, 0.29) is 5.82 Å². The van der Waals surface area contributed by atoms with E-state index in [1.54, 1.807) is 18.2 Å². The summed E-state index contributed by atoms with van der Waals surface area (Å²) in [5, 5.41) is 0. The second kappa shape index (κ2) is 8.64. The number of hydrogen-bond acceptors (Lipinski definition) is 1. The average Bonchev–Trinajstić information content (AvgIpc) is 2.73. The molecule has 4 rings (SSSR count). The quantitative estimate of drug-likeness (QED) is 0.441. The number of benzene rings is 2. The minimum atomic E-state index is -4.95. The van der Waals surface area contributed by atoms with Gasteiger partial charge in [-0.05, 0) is 90.8 Å². The molecule has 2 aliphatic rings. The first-order valence-corrected chi connectivity index (χ1v) is 10.8. The number of allylic oxidation sites excluding steroid dienone is 1. The monoisotopic (exact) mass is 436 g/mol. The molecule has 0 aliphatic heterocycles. The van der Waals surface area contributed by atoms with Crippen molar-refractivity contribution in [2.24, 2.45) is 5.92 Å². The third-order valence-electron chi connectivity index (χ3n) is 6.65. The number of aryl methyl sites for hydroxylation is 1. The van der Waals surface area contributed by atoms with E-state index < -0.39 is 17.9 Å². The van der Waals surface area contributed by atoms with E-state index >= 15 is 0 Å². The fourth-order valence-electron chi connectivity index (χ4n) is 4.86. The van der Waals surface area contributed by atoms with Crippen LogP contribution in [-0.4, -0.2) is 6.36 Å². The fourth-order valence-corrected chi connectivity index (χ4v) is 4.86. The Morgan fingerprint density at radius 1 is 0.935 bits per heavy atom. The van der Waals surface area contributed by atoms with Crippen molar-refractivity contribution in [2.75, 3.05) is 0 Å². The van der Waals surface area contributed by atoms with Crippen LogP contribution in [0.4, 0.5) is 22.0 Å². The number of ether oxygens (including phenoxy) is 1. The Hall–Kier alpha value is -2.37. The standard InChI is InChI=1S/C25H25F5O/c1-2-15-3-5-16(6-4-15)17-9-10-21(22(26)12-17)19-8-7-18-14-24(31-25(28,29)30)23(27)13-20(18)11-19/h9-16H,2-8H2,1H3. The Kier molecular flexibility index (Phi) is 6.09. The van der Waals surface area contributed by atoms with E-state index in [0.717, 1.165) is 42.0 Å². The zero-order chi connectivity index (χ0) is 22.2. The Morgan fingerprint density at radius 3 is 2.32 bits per heavy atom. The summed E-state index contributed by atoms with van der Waals surface area (Å²) in [5.74, 6) is -1.07. The highest BCUT2D eigenvalue weighted by Crippen LogP contribution is 2.39. The highest BCUT2D eigenvalue weighted by Gasteiger charge is 2.33. The van der Waals surface area contributed by atoms with E-state index in [2.05, 4.69) is 11.7 Å². The summed E-state index contributed by atoms with van der Waals surface area (Å²) in [6, 6.07) is 7.48. The average molecular weight is 436 g/mol. The fraction of sp³-hybridized carbons (Fsp3) is 0.440. The van der Waals surface area contributed by atoms with Crippen LogP contribution >= 0.6 is 0 Å². The topological polar surface area (TPSA) is 9.23 Å². The molecule has 0 aromatic heterocycles. The molecule has 0 unspecified atom stereocenters. The lowest BCUT2D eigenvalue weighted by Gasteiger charge is -2.28. The lowest BCUT2D eigenvalue weighted by molar-refractivity contribution is -0.275. The van der Waals surface area contributed by atoms with Crippen LogP contribution in [0.25, 0.3) is 11.6 Å². The molecule has 2 aliphatic carbocycles. The molecular weight excluding hydrogens is 411 g/mol. The van der Waals surface area contributed by atoms with Crippen molar-refractivity contribution in [3.05, 3.63) is 64.2 Å². The van der Waals surface area contributed by atoms with Crippen molar-refractivity contribution < 1.29 is 26.7 Å². The van der Waals surface area contributed by atoms with Gasteiger partial charge in [-0.2, -0.15) is 0 Å². The van der Waals surface area contributed by atoms with Crippen LogP contribution in [0.2, 0.25) is 0 Å². The van der Waals surface area contributed by atoms with Gasteiger partial charge in [-0.25, -0.2) is 8.78 Å². The van der Waals surface area contributed by atoms with Crippen LogP contribution in [0.3, 0.4) is 0 Å². The molecule has 0 amide bonds. The molecule has 31 heavy (non-hydrogen) atoms. The summed E-state index contributed by atoms with van der Waals surface area (Å²) < 4.78 is 70.2. The molecule has 166 valence electrons.